The zero-order valence-electron chi connectivity index (χ0n) is 16.2. The lowest BCUT2D eigenvalue weighted by atomic mass is 10.1. The molecule has 6 heteroatoms. The molecule has 0 bridgehead atoms. The van der Waals surface area contributed by atoms with Crippen LogP contribution in [0.4, 0.5) is 4.79 Å². The Morgan fingerprint density at radius 1 is 1.23 bits per heavy atom. The summed E-state index contributed by atoms with van der Waals surface area (Å²) < 4.78 is 10.8. The first-order chi connectivity index (χ1) is 12.4. The highest BCUT2D eigenvalue weighted by Gasteiger charge is 2.24. The Hall–Kier alpha value is -2.24. The molecule has 1 N–H and O–H groups in total. The van der Waals surface area contributed by atoms with E-state index in [2.05, 4.69) is 5.32 Å². The van der Waals surface area contributed by atoms with Gasteiger partial charge in [0.2, 0.25) is 0 Å². The molecule has 0 atom stereocenters. The Bertz CT molecular complexity index is 622. The fourth-order valence-electron chi connectivity index (χ4n) is 2.84. The molecule has 0 unspecified atom stereocenters. The molecule has 144 valence electrons. The molecular weight excluding hydrogens is 332 g/mol. The average Bonchev–Trinajstić information content (AvgIpc) is 2.61. The number of hydrogen-bond acceptors (Lipinski definition) is 4. The number of nitrogens with zero attached hydrogens (tertiary/aromatic N) is 1. The molecule has 1 saturated heterocycles. The lowest BCUT2D eigenvalue weighted by Crippen LogP contribution is -2.47. The maximum Gasteiger partial charge on any atom is 0.407 e. The first kappa shape index (κ1) is 20.1. The third-order valence-corrected chi connectivity index (χ3v) is 4.62. The van der Waals surface area contributed by atoms with Crippen molar-refractivity contribution in [3.05, 3.63) is 29.3 Å². The summed E-state index contributed by atoms with van der Waals surface area (Å²) in [4.78, 5) is 25.9. The topological polar surface area (TPSA) is 67.9 Å². The second kappa shape index (κ2) is 9.46. The van der Waals surface area contributed by atoms with E-state index >= 15 is 0 Å². The highest BCUT2D eigenvalue weighted by molar-refractivity contribution is 5.78. The van der Waals surface area contributed by atoms with Crippen LogP contribution in [0.15, 0.2) is 18.2 Å². The standard InChI is InChI=1S/C20H30N2O4/c1-14(2)12-26-20(24)21-17-8-10-22(11-9-17)19(23)13-25-18-7-5-6-15(3)16(18)4/h5-7,14,17H,8-13H2,1-4H3,(H,21,24). The van der Waals surface area contributed by atoms with Crippen molar-refractivity contribution in [1.29, 1.82) is 0 Å². The predicted molar refractivity (Wildman–Crippen MR) is 100 cm³/mol. The number of aryl methyl sites for hydroxylation is 1. The summed E-state index contributed by atoms with van der Waals surface area (Å²) in [5, 5.41) is 2.87. The van der Waals surface area contributed by atoms with E-state index in [1.807, 2.05) is 45.9 Å². The average molecular weight is 362 g/mol. The highest BCUT2D eigenvalue weighted by Crippen LogP contribution is 2.20. The number of hydrogen-bond donors (Lipinski definition) is 1. The van der Waals surface area contributed by atoms with E-state index in [-0.39, 0.29) is 24.6 Å². The number of amides is 2. The molecule has 1 heterocycles. The monoisotopic (exact) mass is 362 g/mol. The molecule has 26 heavy (non-hydrogen) atoms. The number of nitrogens with one attached hydrogen (secondary N) is 1. The number of alkyl carbamates (subject to hydrolysis) is 1. The van der Waals surface area contributed by atoms with Crippen LogP contribution in [0.5, 0.6) is 5.75 Å². The molecular formula is C20H30N2O4. The van der Waals surface area contributed by atoms with Crippen molar-refractivity contribution in [3.63, 3.8) is 0 Å². The van der Waals surface area contributed by atoms with Crippen molar-refractivity contribution in [2.45, 2.75) is 46.6 Å². The Kier molecular flexibility index (Phi) is 7.30. The number of carbonyl (C=O) groups is 2. The minimum atomic E-state index is -0.373. The fraction of sp³-hybridized carbons (Fsp3) is 0.600. The van der Waals surface area contributed by atoms with Crippen LogP contribution in [0.3, 0.4) is 0 Å². The van der Waals surface area contributed by atoms with Gasteiger partial charge in [-0.05, 0) is 49.8 Å². The molecule has 1 aromatic carbocycles. The fourth-order valence-corrected chi connectivity index (χ4v) is 2.84. The molecule has 0 spiro atoms. The minimum absolute atomic E-state index is 0.0215. The van der Waals surface area contributed by atoms with E-state index in [0.717, 1.165) is 29.7 Å². The molecule has 1 fully saturated rings. The van der Waals surface area contributed by atoms with Gasteiger partial charge in [-0.15, -0.1) is 0 Å². The van der Waals surface area contributed by atoms with Gasteiger partial charge in [0, 0.05) is 19.1 Å². The van der Waals surface area contributed by atoms with Gasteiger partial charge < -0.3 is 19.7 Å². The number of carbonyl (C=O) groups excluding carboxylic acids is 2. The third-order valence-electron chi connectivity index (χ3n) is 4.62. The van der Waals surface area contributed by atoms with Crippen molar-refractivity contribution in [1.82, 2.24) is 10.2 Å². The summed E-state index contributed by atoms with van der Waals surface area (Å²) in [5.74, 6) is 1.05. The zero-order valence-corrected chi connectivity index (χ0v) is 16.2. The molecule has 6 nitrogen and oxygen atoms in total. The van der Waals surface area contributed by atoms with E-state index in [9.17, 15) is 9.59 Å². The van der Waals surface area contributed by atoms with Gasteiger partial charge in [-0.2, -0.15) is 0 Å². The van der Waals surface area contributed by atoms with Crippen LogP contribution in [-0.4, -0.2) is 49.2 Å². The number of likely N-dealkylation sites (tertiary alicyclic amines) is 1. The predicted octanol–water partition coefficient (Wildman–Crippen LogP) is 3.06. The minimum Gasteiger partial charge on any atom is -0.483 e. The van der Waals surface area contributed by atoms with Crippen LogP contribution < -0.4 is 10.1 Å². The summed E-state index contributed by atoms with van der Waals surface area (Å²) in [6.07, 6.45) is 1.08. The second-order valence-corrected chi connectivity index (χ2v) is 7.28. The molecule has 2 amide bonds. The van der Waals surface area contributed by atoms with Gasteiger partial charge in [-0.1, -0.05) is 26.0 Å². The quantitative estimate of drug-likeness (QED) is 0.844. The van der Waals surface area contributed by atoms with Crippen LogP contribution >= 0.6 is 0 Å². The number of ether oxygens (including phenoxy) is 2. The van der Waals surface area contributed by atoms with E-state index in [0.29, 0.717) is 25.6 Å². The van der Waals surface area contributed by atoms with Gasteiger partial charge >= 0.3 is 6.09 Å². The lowest BCUT2D eigenvalue weighted by Gasteiger charge is -2.32. The van der Waals surface area contributed by atoms with E-state index in [4.69, 9.17) is 9.47 Å². The van der Waals surface area contributed by atoms with Crippen molar-refractivity contribution in [2.75, 3.05) is 26.3 Å². The lowest BCUT2D eigenvalue weighted by molar-refractivity contribution is -0.134. The van der Waals surface area contributed by atoms with E-state index in [1.165, 1.54) is 0 Å². The molecule has 0 saturated carbocycles. The molecule has 1 aromatic rings. The van der Waals surface area contributed by atoms with E-state index in [1.54, 1.807) is 4.90 Å². The smallest absolute Gasteiger partial charge is 0.407 e. The SMILES string of the molecule is Cc1cccc(OCC(=O)N2CCC(NC(=O)OCC(C)C)CC2)c1C. The Balaban J connectivity index is 1.72. The Morgan fingerprint density at radius 3 is 2.58 bits per heavy atom. The zero-order chi connectivity index (χ0) is 19.1. The second-order valence-electron chi connectivity index (χ2n) is 7.28. The molecule has 1 aliphatic heterocycles. The van der Waals surface area contributed by atoms with Gasteiger partial charge in [0.05, 0.1) is 6.61 Å². The Labute approximate surface area is 155 Å². The van der Waals surface area contributed by atoms with Gasteiger partial charge in [0.15, 0.2) is 6.61 Å². The van der Waals surface area contributed by atoms with Crippen LogP contribution in [0, 0.1) is 19.8 Å². The summed E-state index contributed by atoms with van der Waals surface area (Å²) >= 11 is 0. The van der Waals surface area contributed by atoms with Crippen molar-refractivity contribution in [2.24, 2.45) is 5.92 Å². The normalized spacial score (nSPS) is 15.0. The summed E-state index contributed by atoms with van der Waals surface area (Å²) in [5.41, 5.74) is 2.20. The van der Waals surface area contributed by atoms with E-state index < -0.39 is 0 Å². The third kappa shape index (κ3) is 5.93. The Morgan fingerprint density at radius 2 is 1.92 bits per heavy atom. The summed E-state index contributed by atoms with van der Waals surface area (Å²) in [6.45, 7) is 9.69. The summed E-state index contributed by atoms with van der Waals surface area (Å²) in [6, 6.07) is 5.89. The van der Waals surface area contributed by atoms with Crippen LogP contribution in [0.25, 0.3) is 0 Å². The van der Waals surface area contributed by atoms with Crippen LogP contribution in [0.2, 0.25) is 0 Å². The summed E-state index contributed by atoms with van der Waals surface area (Å²) in [7, 11) is 0. The molecule has 0 aromatic heterocycles. The highest BCUT2D eigenvalue weighted by atomic mass is 16.5. The van der Waals surface area contributed by atoms with Gasteiger partial charge in [-0.25, -0.2) is 4.79 Å². The molecule has 0 aliphatic carbocycles. The molecule has 2 rings (SSSR count). The number of piperidine rings is 1. The van der Waals surface area contributed by atoms with Crippen molar-refractivity contribution in [3.8, 4) is 5.75 Å². The maximum atomic E-state index is 12.4. The van der Waals surface area contributed by atoms with Crippen molar-refractivity contribution < 1.29 is 19.1 Å². The van der Waals surface area contributed by atoms with Gasteiger partial charge in [0.25, 0.3) is 5.91 Å². The number of rotatable bonds is 6. The maximum absolute atomic E-state index is 12.4. The van der Waals surface area contributed by atoms with Crippen LogP contribution in [-0.2, 0) is 9.53 Å². The van der Waals surface area contributed by atoms with Crippen LogP contribution in [0.1, 0.15) is 37.8 Å². The van der Waals surface area contributed by atoms with Gasteiger partial charge in [0.1, 0.15) is 5.75 Å². The largest absolute Gasteiger partial charge is 0.483 e. The molecule has 0 radical (unpaired) electrons. The number of benzene rings is 1. The molecule has 1 aliphatic rings. The first-order valence-corrected chi connectivity index (χ1v) is 9.27. The van der Waals surface area contributed by atoms with Crippen molar-refractivity contribution >= 4 is 12.0 Å². The van der Waals surface area contributed by atoms with Gasteiger partial charge in [-0.3, -0.25) is 4.79 Å². The first-order valence-electron chi connectivity index (χ1n) is 9.27.